The number of ether oxygens (including phenoxy) is 2. The van der Waals surface area contributed by atoms with Gasteiger partial charge < -0.3 is 40.3 Å². The van der Waals surface area contributed by atoms with Gasteiger partial charge in [-0.1, -0.05) is 199 Å². The molecule has 1 aliphatic heterocycles. The van der Waals surface area contributed by atoms with E-state index in [-0.39, 0.29) is 12.5 Å². The Labute approximate surface area is 350 Å². The minimum atomic E-state index is -1.55. The Morgan fingerprint density at radius 1 is 0.579 bits per heavy atom. The molecule has 0 aliphatic carbocycles. The first kappa shape index (κ1) is 53.9. The first-order chi connectivity index (χ1) is 27.8. The minimum absolute atomic E-state index is 0.135. The standard InChI is InChI=1S/C48H93NO8/c1-3-5-7-9-11-13-14-15-16-17-18-19-20-21-22-23-24-25-26-27-28-30-32-34-36-38-44(52)49-41(42(51)37-35-33-31-29-12-10-8-6-4-2)40-56-48-47(55)46(54)45(53)43(39-50)57-48/h17-18,41-43,45-48,50-51,53-55H,3-16,19-40H2,1-2H3,(H,49,52)/b18-17-. The Hall–Kier alpha value is -1.07. The lowest BCUT2D eigenvalue weighted by atomic mass is 9.99. The van der Waals surface area contributed by atoms with Gasteiger partial charge in [0.2, 0.25) is 5.91 Å². The second-order valence-electron chi connectivity index (χ2n) is 17.3. The van der Waals surface area contributed by atoms with Crippen molar-refractivity contribution in [3.8, 4) is 0 Å². The monoisotopic (exact) mass is 812 g/mol. The smallest absolute Gasteiger partial charge is 0.220 e. The highest BCUT2D eigenvalue weighted by Gasteiger charge is 2.44. The van der Waals surface area contributed by atoms with E-state index in [0.29, 0.717) is 12.8 Å². The van der Waals surface area contributed by atoms with Crippen LogP contribution in [-0.2, 0) is 14.3 Å². The third-order valence-electron chi connectivity index (χ3n) is 11.9. The molecule has 1 aliphatic rings. The summed E-state index contributed by atoms with van der Waals surface area (Å²) in [5.41, 5.74) is 0. The number of carbonyl (C=O) groups is 1. The van der Waals surface area contributed by atoms with Crippen LogP contribution in [0.15, 0.2) is 12.2 Å². The SMILES string of the molecule is CCCCCCCCCC/C=C\CCCCCCCCCCCCCCCC(=O)NC(COC1OC(CO)C(O)C(O)C1O)C(O)CCCCCCCCCCC. The largest absolute Gasteiger partial charge is 0.394 e. The normalized spacial score (nSPS) is 21.0. The lowest BCUT2D eigenvalue weighted by Gasteiger charge is -2.40. The van der Waals surface area contributed by atoms with Crippen LogP contribution in [0.25, 0.3) is 0 Å². The summed E-state index contributed by atoms with van der Waals surface area (Å²) in [7, 11) is 0. The maximum Gasteiger partial charge on any atom is 0.220 e. The number of rotatable bonds is 41. The molecular weight excluding hydrogens is 719 g/mol. The summed E-state index contributed by atoms with van der Waals surface area (Å²) < 4.78 is 11.2. The lowest BCUT2D eigenvalue weighted by molar-refractivity contribution is -0.302. The fraction of sp³-hybridized carbons (Fsp3) is 0.938. The Bertz CT molecular complexity index is 904. The van der Waals surface area contributed by atoms with E-state index in [1.54, 1.807) is 0 Å². The van der Waals surface area contributed by atoms with Crippen molar-refractivity contribution >= 4 is 5.91 Å². The second kappa shape index (κ2) is 39.1. The molecule has 1 saturated heterocycles. The van der Waals surface area contributed by atoms with Gasteiger partial charge in [0.25, 0.3) is 0 Å². The first-order valence-electron chi connectivity index (χ1n) is 24.4. The molecule has 1 heterocycles. The van der Waals surface area contributed by atoms with Gasteiger partial charge in [0.15, 0.2) is 6.29 Å². The highest BCUT2D eigenvalue weighted by molar-refractivity contribution is 5.76. The van der Waals surface area contributed by atoms with Crippen LogP contribution in [-0.4, -0.2) is 87.5 Å². The van der Waals surface area contributed by atoms with Gasteiger partial charge in [0.05, 0.1) is 25.4 Å². The second-order valence-corrected chi connectivity index (χ2v) is 17.3. The zero-order valence-electron chi connectivity index (χ0n) is 37.1. The number of aliphatic hydroxyl groups excluding tert-OH is 5. The summed E-state index contributed by atoms with van der Waals surface area (Å²) in [4.78, 5) is 13.0. The zero-order valence-corrected chi connectivity index (χ0v) is 37.1. The van der Waals surface area contributed by atoms with Crippen molar-refractivity contribution in [2.45, 2.75) is 275 Å². The van der Waals surface area contributed by atoms with Crippen molar-refractivity contribution in [1.29, 1.82) is 0 Å². The molecule has 7 atom stereocenters. The van der Waals surface area contributed by atoms with E-state index < -0.39 is 49.5 Å². The number of hydrogen-bond donors (Lipinski definition) is 6. The van der Waals surface area contributed by atoms with Gasteiger partial charge in [0, 0.05) is 6.42 Å². The number of carbonyl (C=O) groups excluding carboxylic acids is 1. The van der Waals surface area contributed by atoms with Crippen molar-refractivity contribution in [3.63, 3.8) is 0 Å². The third-order valence-corrected chi connectivity index (χ3v) is 11.9. The molecule has 338 valence electrons. The number of hydrogen-bond acceptors (Lipinski definition) is 8. The molecule has 0 saturated carbocycles. The molecule has 0 aromatic rings. The molecule has 7 unspecified atom stereocenters. The van der Waals surface area contributed by atoms with Crippen LogP contribution in [0.5, 0.6) is 0 Å². The molecule has 1 fully saturated rings. The molecule has 1 amide bonds. The minimum Gasteiger partial charge on any atom is -0.394 e. The molecule has 57 heavy (non-hydrogen) atoms. The van der Waals surface area contributed by atoms with E-state index in [2.05, 4.69) is 31.3 Å². The van der Waals surface area contributed by atoms with Crippen molar-refractivity contribution in [1.82, 2.24) is 5.32 Å². The Balaban J connectivity index is 2.17. The van der Waals surface area contributed by atoms with Crippen LogP contribution in [0.1, 0.15) is 232 Å². The van der Waals surface area contributed by atoms with E-state index in [1.807, 2.05) is 0 Å². The van der Waals surface area contributed by atoms with Crippen LogP contribution >= 0.6 is 0 Å². The molecule has 9 nitrogen and oxygen atoms in total. The topological polar surface area (TPSA) is 149 Å². The van der Waals surface area contributed by atoms with E-state index in [1.165, 1.54) is 167 Å². The molecule has 9 heteroatoms. The third kappa shape index (κ3) is 29.7. The summed E-state index contributed by atoms with van der Waals surface area (Å²) in [5, 5.41) is 54.2. The van der Waals surface area contributed by atoms with Gasteiger partial charge in [-0.15, -0.1) is 0 Å². The molecule has 0 aromatic carbocycles. The average Bonchev–Trinajstić information content (AvgIpc) is 3.21. The fourth-order valence-electron chi connectivity index (χ4n) is 7.92. The Morgan fingerprint density at radius 2 is 0.982 bits per heavy atom. The Kier molecular flexibility index (Phi) is 37.0. The summed E-state index contributed by atoms with van der Waals surface area (Å²) in [5.74, 6) is -0.144. The van der Waals surface area contributed by atoms with Crippen molar-refractivity contribution in [2.24, 2.45) is 0 Å². The van der Waals surface area contributed by atoms with Gasteiger partial charge in [0.1, 0.15) is 24.4 Å². The van der Waals surface area contributed by atoms with E-state index in [0.717, 1.165) is 38.5 Å². The van der Waals surface area contributed by atoms with Gasteiger partial charge in [-0.05, 0) is 38.5 Å². The molecular formula is C48H93NO8. The molecule has 1 rings (SSSR count). The fourth-order valence-corrected chi connectivity index (χ4v) is 7.92. The van der Waals surface area contributed by atoms with E-state index in [9.17, 15) is 30.3 Å². The average molecular weight is 812 g/mol. The van der Waals surface area contributed by atoms with Crippen LogP contribution < -0.4 is 5.32 Å². The van der Waals surface area contributed by atoms with Crippen LogP contribution in [0.3, 0.4) is 0 Å². The van der Waals surface area contributed by atoms with Crippen molar-refractivity contribution in [3.05, 3.63) is 12.2 Å². The summed E-state index contributed by atoms with van der Waals surface area (Å²) in [6.07, 6.45) is 38.1. The van der Waals surface area contributed by atoms with Crippen LogP contribution in [0.2, 0.25) is 0 Å². The lowest BCUT2D eigenvalue weighted by Crippen LogP contribution is -2.60. The quantitative estimate of drug-likeness (QED) is 0.0264. The van der Waals surface area contributed by atoms with E-state index >= 15 is 0 Å². The van der Waals surface area contributed by atoms with Crippen molar-refractivity contribution in [2.75, 3.05) is 13.2 Å². The van der Waals surface area contributed by atoms with Gasteiger partial charge in [-0.3, -0.25) is 4.79 Å². The number of amides is 1. The number of nitrogens with one attached hydrogen (secondary N) is 1. The molecule has 0 spiro atoms. The molecule has 0 bridgehead atoms. The zero-order chi connectivity index (χ0) is 41.6. The van der Waals surface area contributed by atoms with Crippen molar-refractivity contribution < 1.29 is 39.8 Å². The molecule has 0 radical (unpaired) electrons. The van der Waals surface area contributed by atoms with Gasteiger partial charge >= 0.3 is 0 Å². The highest BCUT2D eigenvalue weighted by atomic mass is 16.7. The predicted molar refractivity (Wildman–Crippen MR) is 235 cm³/mol. The maximum atomic E-state index is 13.0. The summed E-state index contributed by atoms with van der Waals surface area (Å²) in [6.45, 7) is 3.82. The summed E-state index contributed by atoms with van der Waals surface area (Å²) in [6, 6.07) is -0.713. The first-order valence-corrected chi connectivity index (χ1v) is 24.4. The van der Waals surface area contributed by atoms with Gasteiger partial charge in [-0.25, -0.2) is 0 Å². The number of unbranched alkanes of at least 4 members (excludes halogenated alkanes) is 29. The van der Waals surface area contributed by atoms with Crippen LogP contribution in [0.4, 0.5) is 0 Å². The molecule has 0 aromatic heterocycles. The highest BCUT2D eigenvalue weighted by Crippen LogP contribution is 2.23. The number of aliphatic hydroxyl groups is 5. The maximum absolute atomic E-state index is 13.0. The number of allylic oxidation sites excluding steroid dienone is 2. The predicted octanol–water partition coefficient (Wildman–Crippen LogP) is 10.5. The Morgan fingerprint density at radius 3 is 1.42 bits per heavy atom. The van der Waals surface area contributed by atoms with E-state index in [4.69, 9.17) is 9.47 Å². The summed E-state index contributed by atoms with van der Waals surface area (Å²) >= 11 is 0. The van der Waals surface area contributed by atoms with Gasteiger partial charge in [-0.2, -0.15) is 0 Å². The molecule has 6 N–H and O–H groups in total. The van der Waals surface area contributed by atoms with Crippen LogP contribution in [0, 0.1) is 0 Å².